The lowest BCUT2D eigenvalue weighted by molar-refractivity contribution is -0.113. The van der Waals surface area contributed by atoms with Crippen LogP contribution in [0.4, 0.5) is 5.69 Å². The van der Waals surface area contributed by atoms with Gasteiger partial charge in [0.15, 0.2) is 11.0 Å². The van der Waals surface area contributed by atoms with Crippen LogP contribution in [0.2, 0.25) is 5.02 Å². The maximum atomic E-state index is 12.4. The second-order valence-corrected chi connectivity index (χ2v) is 8.63. The Balaban J connectivity index is 1.72. The molecule has 144 valence electrons. The molecule has 0 spiro atoms. The highest BCUT2D eigenvalue weighted by atomic mass is 127. The van der Waals surface area contributed by atoms with Crippen LogP contribution in [0.5, 0.6) is 0 Å². The highest BCUT2D eigenvalue weighted by molar-refractivity contribution is 14.1. The monoisotopic (exact) mass is 524 g/mol. The zero-order valence-corrected chi connectivity index (χ0v) is 18.9. The molecule has 1 amide bonds. The minimum atomic E-state index is -0.0875. The number of anilines is 1. The Morgan fingerprint density at radius 3 is 2.71 bits per heavy atom. The first-order chi connectivity index (χ1) is 13.5. The summed E-state index contributed by atoms with van der Waals surface area (Å²) in [4.78, 5) is 12.4. The number of carbonyl (C=O) groups is 1. The molecule has 3 aromatic rings. The second-order valence-electron chi connectivity index (χ2n) is 6.01. The molecule has 0 aliphatic carbocycles. The summed E-state index contributed by atoms with van der Waals surface area (Å²) < 4.78 is 3.07. The van der Waals surface area contributed by atoms with Gasteiger partial charge in [0.25, 0.3) is 0 Å². The largest absolute Gasteiger partial charge is 0.325 e. The van der Waals surface area contributed by atoms with E-state index in [-0.39, 0.29) is 11.7 Å². The fourth-order valence-electron chi connectivity index (χ4n) is 2.59. The molecule has 0 bridgehead atoms. The van der Waals surface area contributed by atoms with E-state index >= 15 is 0 Å². The molecule has 28 heavy (non-hydrogen) atoms. The van der Waals surface area contributed by atoms with Crippen LogP contribution >= 0.6 is 46.0 Å². The number of rotatable bonds is 7. The Bertz CT molecular complexity index is 1000. The summed E-state index contributed by atoms with van der Waals surface area (Å²) in [7, 11) is 0. The molecule has 0 fully saturated rings. The van der Waals surface area contributed by atoms with Crippen molar-refractivity contribution >= 4 is 57.5 Å². The van der Waals surface area contributed by atoms with Crippen LogP contribution in [-0.2, 0) is 11.3 Å². The van der Waals surface area contributed by atoms with Crippen molar-refractivity contribution in [3.8, 4) is 11.4 Å². The lowest BCUT2D eigenvalue weighted by Gasteiger charge is -2.10. The third-order valence-corrected chi connectivity index (χ3v) is 5.82. The van der Waals surface area contributed by atoms with E-state index in [9.17, 15) is 4.79 Å². The number of benzene rings is 2. The Kier molecular flexibility index (Phi) is 7.14. The molecule has 1 aromatic heterocycles. The average Bonchev–Trinajstić information content (AvgIpc) is 3.06. The van der Waals surface area contributed by atoms with E-state index in [1.807, 2.05) is 54.0 Å². The van der Waals surface area contributed by atoms with Crippen molar-refractivity contribution in [1.29, 1.82) is 0 Å². The summed E-state index contributed by atoms with van der Waals surface area (Å²) in [6.45, 7) is 6.33. The van der Waals surface area contributed by atoms with Crippen molar-refractivity contribution in [1.82, 2.24) is 14.8 Å². The minimum absolute atomic E-state index is 0.0875. The third kappa shape index (κ3) is 5.15. The number of allylic oxidation sites excluding steroid dienone is 1. The molecule has 8 heteroatoms. The number of thioether (sulfide) groups is 1. The van der Waals surface area contributed by atoms with Crippen LogP contribution in [0.25, 0.3) is 11.4 Å². The van der Waals surface area contributed by atoms with Gasteiger partial charge in [0, 0.05) is 26.4 Å². The van der Waals surface area contributed by atoms with Gasteiger partial charge in [-0.1, -0.05) is 29.4 Å². The highest BCUT2D eigenvalue weighted by Gasteiger charge is 2.15. The predicted octanol–water partition coefficient (Wildman–Crippen LogP) is 5.43. The molecule has 0 unspecified atom stereocenters. The smallest absolute Gasteiger partial charge is 0.234 e. The Hall–Kier alpha value is -1.84. The molecule has 0 radical (unpaired) electrons. The van der Waals surface area contributed by atoms with Crippen molar-refractivity contribution in [2.75, 3.05) is 11.1 Å². The normalized spacial score (nSPS) is 10.7. The zero-order valence-electron chi connectivity index (χ0n) is 15.2. The maximum Gasteiger partial charge on any atom is 0.234 e. The first-order valence-corrected chi connectivity index (χ1v) is 10.9. The molecule has 0 aliphatic rings. The van der Waals surface area contributed by atoms with Gasteiger partial charge in [-0.25, -0.2) is 0 Å². The molecule has 3 rings (SSSR count). The van der Waals surface area contributed by atoms with E-state index < -0.39 is 0 Å². The quantitative estimate of drug-likeness (QED) is 0.254. The molecular weight excluding hydrogens is 507 g/mol. The lowest BCUT2D eigenvalue weighted by Crippen LogP contribution is -2.15. The Labute approximate surface area is 186 Å². The fraction of sp³-hybridized carbons (Fsp3) is 0.150. The van der Waals surface area contributed by atoms with Crippen LogP contribution in [0.15, 0.2) is 60.3 Å². The highest BCUT2D eigenvalue weighted by Crippen LogP contribution is 2.25. The molecule has 0 saturated carbocycles. The second kappa shape index (κ2) is 9.58. The SMILES string of the molecule is C=CCn1c(SCC(=O)Nc2ccc(I)cc2C)nnc1-c1ccc(Cl)cc1. The fourth-order valence-corrected chi connectivity index (χ4v) is 4.11. The third-order valence-electron chi connectivity index (χ3n) is 3.93. The molecule has 0 aliphatic heterocycles. The first kappa shape index (κ1) is 20.9. The van der Waals surface area contributed by atoms with Gasteiger partial charge in [-0.3, -0.25) is 9.36 Å². The summed E-state index contributed by atoms with van der Waals surface area (Å²) in [6, 6.07) is 13.3. The number of nitrogens with one attached hydrogen (secondary N) is 1. The summed E-state index contributed by atoms with van der Waals surface area (Å²) in [5.74, 6) is 0.866. The predicted molar refractivity (Wildman–Crippen MR) is 124 cm³/mol. The van der Waals surface area contributed by atoms with Gasteiger partial charge in [0.1, 0.15) is 0 Å². The minimum Gasteiger partial charge on any atom is -0.325 e. The van der Waals surface area contributed by atoms with Crippen molar-refractivity contribution in [3.63, 3.8) is 0 Å². The van der Waals surface area contributed by atoms with Gasteiger partial charge in [0.2, 0.25) is 5.91 Å². The number of amides is 1. The van der Waals surface area contributed by atoms with Crippen LogP contribution in [0, 0.1) is 10.5 Å². The standard InChI is InChI=1S/C20H18ClIN4OS/c1-3-10-26-19(14-4-6-15(21)7-5-14)24-25-20(26)28-12-18(27)23-17-9-8-16(22)11-13(17)2/h3-9,11H,1,10,12H2,2H3,(H,23,27). The topological polar surface area (TPSA) is 59.8 Å². The number of hydrogen-bond donors (Lipinski definition) is 1. The summed E-state index contributed by atoms with van der Waals surface area (Å²) in [6.07, 6.45) is 1.78. The maximum absolute atomic E-state index is 12.4. The Morgan fingerprint density at radius 2 is 2.04 bits per heavy atom. The van der Waals surface area contributed by atoms with Gasteiger partial charge >= 0.3 is 0 Å². The van der Waals surface area contributed by atoms with E-state index in [2.05, 4.69) is 44.7 Å². The average molecular weight is 525 g/mol. The van der Waals surface area contributed by atoms with Crippen molar-refractivity contribution in [2.45, 2.75) is 18.6 Å². The molecule has 0 atom stereocenters. The molecule has 5 nitrogen and oxygen atoms in total. The lowest BCUT2D eigenvalue weighted by atomic mass is 10.2. The van der Waals surface area contributed by atoms with Crippen molar-refractivity contribution < 1.29 is 4.79 Å². The van der Waals surface area contributed by atoms with E-state index in [1.54, 1.807) is 6.08 Å². The van der Waals surface area contributed by atoms with Crippen LogP contribution in [-0.4, -0.2) is 26.4 Å². The van der Waals surface area contributed by atoms with Crippen molar-refractivity contribution in [3.05, 3.63) is 69.3 Å². The van der Waals surface area contributed by atoms with Crippen LogP contribution in [0.3, 0.4) is 0 Å². The molecule has 0 saturated heterocycles. The van der Waals surface area contributed by atoms with E-state index in [0.717, 1.165) is 20.4 Å². The van der Waals surface area contributed by atoms with Gasteiger partial charge in [-0.2, -0.15) is 0 Å². The zero-order chi connectivity index (χ0) is 20.1. The molecular formula is C20H18ClIN4OS. The first-order valence-electron chi connectivity index (χ1n) is 8.46. The van der Waals surface area contributed by atoms with Crippen LogP contribution in [0.1, 0.15) is 5.56 Å². The summed E-state index contributed by atoms with van der Waals surface area (Å²) in [5, 5.41) is 12.8. The summed E-state index contributed by atoms with van der Waals surface area (Å²) >= 11 is 9.56. The van der Waals surface area contributed by atoms with Gasteiger partial charge in [-0.15, -0.1) is 16.8 Å². The molecule has 1 N–H and O–H groups in total. The number of carbonyl (C=O) groups excluding carboxylic acids is 1. The van der Waals surface area contributed by atoms with Gasteiger partial charge in [0.05, 0.1) is 5.75 Å². The van der Waals surface area contributed by atoms with E-state index in [0.29, 0.717) is 22.5 Å². The van der Waals surface area contributed by atoms with Gasteiger partial charge in [-0.05, 0) is 77.5 Å². The van der Waals surface area contributed by atoms with E-state index in [1.165, 1.54) is 11.8 Å². The number of aryl methyl sites for hydroxylation is 1. The molecule has 2 aromatic carbocycles. The summed E-state index contributed by atoms with van der Waals surface area (Å²) in [5.41, 5.74) is 2.76. The number of hydrogen-bond acceptors (Lipinski definition) is 4. The van der Waals surface area contributed by atoms with Crippen LogP contribution < -0.4 is 5.32 Å². The number of halogens is 2. The Morgan fingerprint density at radius 1 is 1.29 bits per heavy atom. The number of aromatic nitrogens is 3. The van der Waals surface area contributed by atoms with E-state index in [4.69, 9.17) is 11.6 Å². The van der Waals surface area contributed by atoms with Gasteiger partial charge < -0.3 is 5.32 Å². The van der Waals surface area contributed by atoms with Crippen molar-refractivity contribution in [2.24, 2.45) is 0 Å². The molecule has 1 heterocycles. The number of nitrogens with zero attached hydrogens (tertiary/aromatic N) is 3.